The van der Waals surface area contributed by atoms with Crippen molar-refractivity contribution in [2.24, 2.45) is 0 Å². The Morgan fingerprint density at radius 2 is 2.32 bits per heavy atom. The van der Waals surface area contributed by atoms with Crippen LogP contribution in [0.25, 0.3) is 0 Å². The lowest BCUT2D eigenvalue weighted by molar-refractivity contribution is 0.0221. The van der Waals surface area contributed by atoms with Crippen LogP contribution in [0.5, 0.6) is 0 Å². The molecule has 0 spiro atoms. The number of carbonyl (C=O) groups is 1. The summed E-state index contributed by atoms with van der Waals surface area (Å²) in [6, 6.07) is 2.21. The molecule has 1 amide bonds. The van der Waals surface area contributed by atoms with E-state index in [0.717, 1.165) is 44.6 Å². The molecule has 5 nitrogen and oxygen atoms in total. The third-order valence-corrected chi connectivity index (χ3v) is 4.66. The smallest absolute Gasteiger partial charge is 0.410 e. The molecule has 1 aliphatic heterocycles. The Hall–Kier alpha value is -1.27. The van der Waals surface area contributed by atoms with Gasteiger partial charge in [0.05, 0.1) is 0 Å². The van der Waals surface area contributed by atoms with Gasteiger partial charge in [-0.25, -0.2) is 4.79 Å². The molecule has 0 bridgehead atoms. The highest BCUT2D eigenvalue weighted by molar-refractivity contribution is 7.10. The summed E-state index contributed by atoms with van der Waals surface area (Å²) in [5, 5.41) is 5.42. The van der Waals surface area contributed by atoms with E-state index in [1.165, 1.54) is 4.88 Å². The van der Waals surface area contributed by atoms with Crippen LogP contribution in [0.4, 0.5) is 10.5 Å². The van der Waals surface area contributed by atoms with E-state index in [1.807, 2.05) is 37.1 Å². The van der Waals surface area contributed by atoms with Gasteiger partial charge in [0.15, 0.2) is 0 Å². The van der Waals surface area contributed by atoms with Crippen molar-refractivity contribution in [1.82, 2.24) is 10.2 Å². The van der Waals surface area contributed by atoms with Gasteiger partial charge in [0.2, 0.25) is 0 Å². The van der Waals surface area contributed by atoms with E-state index in [-0.39, 0.29) is 12.1 Å². The molecule has 0 saturated carbocycles. The lowest BCUT2D eigenvalue weighted by Gasteiger charge is -2.28. The Balaban J connectivity index is 1.74. The molecule has 1 aliphatic rings. The molecular weight excluding hydrogens is 298 g/mol. The van der Waals surface area contributed by atoms with Gasteiger partial charge < -0.3 is 20.7 Å². The number of likely N-dealkylation sites (tertiary alicyclic amines) is 1. The van der Waals surface area contributed by atoms with Gasteiger partial charge in [-0.15, -0.1) is 11.3 Å². The number of rotatable bonds is 5. The molecule has 3 N–H and O–H groups in total. The number of nitrogen functional groups attached to an aromatic ring is 1. The third-order valence-electron chi connectivity index (χ3n) is 3.72. The van der Waals surface area contributed by atoms with Gasteiger partial charge in [-0.05, 0) is 58.0 Å². The fraction of sp³-hybridized carbons (Fsp3) is 0.688. The first-order valence-corrected chi connectivity index (χ1v) is 8.77. The van der Waals surface area contributed by atoms with Gasteiger partial charge in [-0.2, -0.15) is 0 Å². The van der Waals surface area contributed by atoms with Crippen molar-refractivity contribution in [2.75, 3.05) is 18.8 Å². The molecule has 6 heteroatoms. The zero-order valence-corrected chi connectivity index (χ0v) is 14.5. The molecular formula is C16H27N3O2S. The summed E-state index contributed by atoms with van der Waals surface area (Å²) in [5.41, 5.74) is 6.29. The third kappa shape index (κ3) is 4.88. The molecule has 1 aromatic rings. The van der Waals surface area contributed by atoms with Crippen molar-refractivity contribution in [3.8, 4) is 0 Å². The second-order valence-corrected chi connectivity index (χ2v) is 7.74. The summed E-state index contributed by atoms with van der Waals surface area (Å²) in [6.07, 6.45) is 2.88. The Kier molecular flexibility index (Phi) is 5.69. The summed E-state index contributed by atoms with van der Waals surface area (Å²) < 4.78 is 5.48. The van der Waals surface area contributed by atoms with Crippen molar-refractivity contribution < 1.29 is 9.53 Å². The van der Waals surface area contributed by atoms with Crippen LogP contribution in [0, 0.1) is 0 Å². The summed E-state index contributed by atoms with van der Waals surface area (Å²) in [4.78, 5) is 15.3. The number of nitrogens with two attached hydrogens (primary N) is 1. The highest BCUT2D eigenvalue weighted by atomic mass is 32.1. The van der Waals surface area contributed by atoms with Crippen LogP contribution in [0.2, 0.25) is 0 Å². The second-order valence-electron chi connectivity index (χ2n) is 6.73. The van der Waals surface area contributed by atoms with E-state index >= 15 is 0 Å². The molecule has 0 aliphatic carbocycles. The number of hydrogen-bond acceptors (Lipinski definition) is 5. The standard InChI is InChI=1S/C16H27N3O2S/c1-16(2,3)21-15(20)19-9-4-5-12(19)6-8-18-11-14-13(17)7-10-22-14/h7,10,12,18H,4-6,8-9,11,17H2,1-3H3. The molecule has 22 heavy (non-hydrogen) atoms. The molecule has 1 unspecified atom stereocenters. The van der Waals surface area contributed by atoms with Crippen LogP contribution in [0.1, 0.15) is 44.9 Å². The van der Waals surface area contributed by atoms with Gasteiger partial charge in [0.1, 0.15) is 5.60 Å². The summed E-state index contributed by atoms with van der Waals surface area (Å²) >= 11 is 1.67. The number of thiophene rings is 1. The maximum Gasteiger partial charge on any atom is 0.410 e. The van der Waals surface area contributed by atoms with Crippen molar-refractivity contribution in [2.45, 2.75) is 58.2 Å². The highest BCUT2D eigenvalue weighted by Crippen LogP contribution is 2.23. The van der Waals surface area contributed by atoms with E-state index < -0.39 is 5.60 Å². The predicted molar refractivity (Wildman–Crippen MR) is 91.0 cm³/mol. The zero-order chi connectivity index (χ0) is 16.2. The van der Waals surface area contributed by atoms with E-state index in [0.29, 0.717) is 0 Å². The van der Waals surface area contributed by atoms with Crippen molar-refractivity contribution in [3.05, 3.63) is 16.3 Å². The van der Waals surface area contributed by atoms with E-state index in [2.05, 4.69) is 5.32 Å². The fourth-order valence-corrected chi connectivity index (χ4v) is 3.43. The van der Waals surface area contributed by atoms with Gasteiger partial charge in [0, 0.05) is 29.7 Å². The van der Waals surface area contributed by atoms with Gasteiger partial charge in [0.25, 0.3) is 0 Å². The Bertz CT molecular complexity index is 496. The Morgan fingerprint density at radius 3 is 2.95 bits per heavy atom. The molecule has 1 saturated heterocycles. The van der Waals surface area contributed by atoms with E-state index in [4.69, 9.17) is 10.5 Å². The van der Waals surface area contributed by atoms with E-state index in [9.17, 15) is 4.79 Å². The molecule has 1 fully saturated rings. The molecule has 0 aromatic carbocycles. The van der Waals surface area contributed by atoms with Crippen LogP contribution in [0.15, 0.2) is 11.4 Å². The summed E-state index contributed by atoms with van der Waals surface area (Å²) in [7, 11) is 0. The van der Waals surface area contributed by atoms with Crippen LogP contribution < -0.4 is 11.1 Å². The monoisotopic (exact) mass is 325 g/mol. The number of ether oxygens (including phenoxy) is 1. The number of anilines is 1. The summed E-state index contributed by atoms with van der Waals surface area (Å²) in [5.74, 6) is 0. The second kappa shape index (κ2) is 7.33. The van der Waals surface area contributed by atoms with Gasteiger partial charge in [-0.3, -0.25) is 0 Å². The zero-order valence-electron chi connectivity index (χ0n) is 13.7. The maximum atomic E-state index is 12.2. The topological polar surface area (TPSA) is 67.6 Å². The quantitative estimate of drug-likeness (QED) is 0.816. The molecule has 2 heterocycles. The molecule has 1 atom stereocenters. The van der Waals surface area contributed by atoms with Crippen LogP contribution in [0.3, 0.4) is 0 Å². The number of carbonyl (C=O) groups excluding carboxylic acids is 1. The minimum atomic E-state index is -0.431. The minimum Gasteiger partial charge on any atom is -0.444 e. The van der Waals surface area contributed by atoms with Crippen molar-refractivity contribution in [1.29, 1.82) is 0 Å². The molecule has 0 radical (unpaired) electrons. The number of nitrogens with zero attached hydrogens (tertiary/aromatic N) is 1. The lowest BCUT2D eigenvalue weighted by atomic mass is 10.1. The molecule has 1 aromatic heterocycles. The predicted octanol–water partition coefficient (Wildman–Crippen LogP) is 3.21. The first-order valence-electron chi connectivity index (χ1n) is 7.89. The first-order chi connectivity index (χ1) is 10.4. The highest BCUT2D eigenvalue weighted by Gasteiger charge is 2.31. The van der Waals surface area contributed by atoms with Gasteiger partial charge >= 0.3 is 6.09 Å². The van der Waals surface area contributed by atoms with Gasteiger partial charge in [-0.1, -0.05) is 0 Å². The Morgan fingerprint density at radius 1 is 1.55 bits per heavy atom. The summed E-state index contributed by atoms with van der Waals surface area (Å²) in [6.45, 7) is 8.19. The van der Waals surface area contributed by atoms with Crippen LogP contribution >= 0.6 is 11.3 Å². The average molecular weight is 325 g/mol. The number of hydrogen-bond donors (Lipinski definition) is 2. The largest absolute Gasteiger partial charge is 0.444 e. The van der Waals surface area contributed by atoms with Crippen LogP contribution in [-0.2, 0) is 11.3 Å². The minimum absolute atomic E-state index is 0.183. The fourth-order valence-electron chi connectivity index (χ4n) is 2.66. The maximum absolute atomic E-state index is 12.2. The Labute approximate surface area is 136 Å². The van der Waals surface area contributed by atoms with E-state index in [1.54, 1.807) is 11.3 Å². The van der Waals surface area contributed by atoms with Crippen molar-refractivity contribution >= 4 is 23.1 Å². The molecule has 2 rings (SSSR count). The number of amides is 1. The van der Waals surface area contributed by atoms with Crippen molar-refractivity contribution in [3.63, 3.8) is 0 Å². The first kappa shape index (κ1) is 17.1. The average Bonchev–Trinajstić information content (AvgIpc) is 3.02. The normalized spacial score (nSPS) is 18.7. The number of nitrogens with one attached hydrogen (secondary N) is 1. The SMILES string of the molecule is CC(C)(C)OC(=O)N1CCCC1CCNCc1sccc1N. The lowest BCUT2D eigenvalue weighted by Crippen LogP contribution is -2.40. The van der Waals surface area contributed by atoms with Crippen LogP contribution in [-0.4, -0.2) is 35.7 Å². The molecule has 124 valence electrons.